The lowest BCUT2D eigenvalue weighted by atomic mass is 10.0. The minimum atomic E-state index is -1.39. The highest BCUT2D eigenvalue weighted by Crippen LogP contribution is 2.09. The van der Waals surface area contributed by atoms with Crippen LogP contribution in [0.3, 0.4) is 0 Å². The van der Waals surface area contributed by atoms with Crippen molar-refractivity contribution in [3.05, 3.63) is 66.2 Å². The predicted octanol–water partition coefficient (Wildman–Crippen LogP) is 2.70. The van der Waals surface area contributed by atoms with Gasteiger partial charge < -0.3 is 20.5 Å². The van der Waals surface area contributed by atoms with Crippen LogP contribution in [0.25, 0.3) is 0 Å². The number of ether oxygens (including phenoxy) is 1. The van der Waals surface area contributed by atoms with Crippen molar-refractivity contribution in [2.24, 2.45) is 5.92 Å². The van der Waals surface area contributed by atoms with E-state index in [2.05, 4.69) is 10.6 Å². The van der Waals surface area contributed by atoms with Crippen molar-refractivity contribution in [1.29, 1.82) is 0 Å². The lowest BCUT2D eigenvalue weighted by molar-refractivity contribution is -0.142. The number of carboxylic acids is 1. The number of carbonyl (C=O) groups is 3. The van der Waals surface area contributed by atoms with Crippen LogP contribution in [-0.4, -0.2) is 45.1 Å². The van der Waals surface area contributed by atoms with Gasteiger partial charge in [0, 0.05) is 10.6 Å². The zero-order chi connectivity index (χ0) is 23.5. The number of aliphatic carboxylic acids is 1. The summed E-state index contributed by atoms with van der Waals surface area (Å²) in [4.78, 5) is 37.1. The smallest absolute Gasteiger partial charge is 0.408 e. The highest BCUT2D eigenvalue weighted by atomic mass is 32.2. The van der Waals surface area contributed by atoms with E-state index in [1.807, 2.05) is 18.2 Å². The summed E-state index contributed by atoms with van der Waals surface area (Å²) in [6.07, 6.45) is -0.800. The van der Waals surface area contributed by atoms with Crippen molar-refractivity contribution in [3.63, 3.8) is 0 Å². The van der Waals surface area contributed by atoms with Gasteiger partial charge in [-0.2, -0.15) is 0 Å². The topological polar surface area (TPSA) is 122 Å². The molecule has 2 amide bonds. The van der Waals surface area contributed by atoms with Crippen molar-refractivity contribution in [3.8, 4) is 0 Å². The molecule has 0 saturated heterocycles. The van der Waals surface area contributed by atoms with Crippen LogP contribution in [0, 0.1) is 5.92 Å². The van der Waals surface area contributed by atoms with Gasteiger partial charge in [-0.3, -0.25) is 9.00 Å². The molecule has 0 aliphatic heterocycles. The Morgan fingerprint density at radius 3 is 2.12 bits per heavy atom. The summed E-state index contributed by atoms with van der Waals surface area (Å²) in [6.45, 7) is 3.49. The molecule has 172 valence electrons. The molecule has 2 rings (SSSR count). The van der Waals surface area contributed by atoms with Gasteiger partial charge in [-0.15, -0.1) is 0 Å². The molecule has 2 aromatic carbocycles. The molecular formula is C23H28N2O6S. The van der Waals surface area contributed by atoms with Gasteiger partial charge >= 0.3 is 12.1 Å². The van der Waals surface area contributed by atoms with Gasteiger partial charge in [0.2, 0.25) is 5.91 Å². The maximum absolute atomic E-state index is 12.7. The average molecular weight is 461 g/mol. The van der Waals surface area contributed by atoms with E-state index in [-0.39, 0.29) is 24.7 Å². The van der Waals surface area contributed by atoms with Gasteiger partial charge in [0.25, 0.3) is 0 Å². The molecular weight excluding hydrogens is 432 g/mol. The maximum Gasteiger partial charge on any atom is 0.408 e. The molecule has 0 fully saturated rings. The zero-order valence-corrected chi connectivity index (χ0v) is 18.8. The van der Waals surface area contributed by atoms with E-state index in [9.17, 15) is 23.7 Å². The van der Waals surface area contributed by atoms with Gasteiger partial charge in [0.1, 0.15) is 18.7 Å². The third kappa shape index (κ3) is 8.14. The quantitative estimate of drug-likeness (QED) is 0.474. The van der Waals surface area contributed by atoms with Gasteiger partial charge in [0.05, 0.1) is 10.8 Å². The number of benzene rings is 2. The second kappa shape index (κ2) is 12.6. The Balaban J connectivity index is 1.92. The highest BCUT2D eigenvalue weighted by Gasteiger charge is 2.29. The van der Waals surface area contributed by atoms with Gasteiger partial charge in [-0.05, 0) is 30.0 Å². The number of rotatable bonds is 11. The van der Waals surface area contributed by atoms with E-state index in [1.165, 1.54) is 0 Å². The molecule has 0 aliphatic carbocycles. The Labute approximate surface area is 189 Å². The number of hydrogen-bond donors (Lipinski definition) is 3. The first-order chi connectivity index (χ1) is 15.3. The van der Waals surface area contributed by atoms with Gasteiger partial charge in [0.15, 0.2) is 0 Å². The summed E-state index contributed by atoms with van der Waals surface area (Å²) in [5.41, 5.74) is 0.797. The number of nitrogens with one attached hydrogen (secondary N) is 2. The Morgan fingerprint density at radius 1 is 0.969 bits per heavy atom. The number of hydrogen-bond acceptors (Lipinski definition) is 5. The van der Waals surface area contributed by atoms with Crippen LogP contribution >= 0.6 is 0 Å². The average Bonchev–Trinajstić information content (AvgIpc) is 2.79. The summed E-state index contributed by atoms with van der Waals surface area (Å²) in [5, 5.41) is 14.4. The molecule has 0 saturated carbocycles. The molecule has 2 aromatic rings. The van der Waals surface area contributed by atoms with E-state index in [0.717, 1.165) is 5.56 Å². The van der Waals surface area contributed by atoms with Crippen molar-refractivity contribution < 1.29 is 28.4 Å². The normalized spacial score (nSPS) is 13.6. The summed E-state index contributed by atoms with van der Waals surface area (Å²) >= 11 is 0. The Kier molecular flexibility index (Phi) is 9.87. The summed E-state index contributed by atoms with van der Waals surface area (Å²) in [6, 6.07) is 15.6. The first kappa shape index (κ1) is 25.1. The minimum absolute atomic E-state index is 0.0220. The summed E-state index contributed by atoms with van der Waals surface area (Å²) < 4.78 is 17.5. The summed E-state index contributed by atoms with van der Waals surface area (Å²) in [7, 11) is -1.39. The van der Waals surface area contributed by atoms with Crippen LogP contribution in [0.5, 0.6) is 0 Å². The van der Waals surface area contributed by atoms with E-state index < -0.39 is 40.9 Å². The molecule has 0 bridgehead atoms. The zero-order valence-electron chi connectivity index (χ0n) is 18.0. The third-order valence-electron chi connectivity index (χ3n) is 4.65. The lowest BCUT2D eigenvalue weighted by Crippen LogP contribution is -2.54. The summed E-state index contributed by atoms with van der Waals surface area (Å²) in [5.74, 6) is -2.13. The molecule has 0 aromatic heterocycles. The molecule has 0 aliphatic rings. The van der Waals surface area contributed by atoms with E-state index >= 15 is 0 Å². The van der Waals surface area contributed by atoms with Crippen LogP contribution in [0.15, 0.2) is 65.6 Å². The van der Waals surface area contributed by atoms with Gasteiger partial charge in [-0.25, -0.2) is 9.59 Å². The third-order valence-corrected chi connectivity index (χ3v) is 6.05. The van der Waals surface area contributed by atoms with E-state index in [1.54, 1.807) is 56.3 Å². The fourth-order valence-electron chi connectivity index (χ4n) is 2.86. The van der Waals surface area contributed by atoms with Crippen molar-refractivity contribution >= 4 is 28.8 Å². The van der Waals surface area contributed by atoms with Crippen LogP contribution in [-0.2, 0) is 31.7 Å². The fourth-order valence-corrected chi connectivity index (χ4v) is 4.01. The van der Waals surface area contributed by atoms with Crippen molar-refractivity contribution in [2.75, 3.05) is 5.75 Å². The molecule has 8 nitrogen and oxygen atoms in total. The molecule has 0 spiro atoms. The van der Waals surface area contributed by atoms with Crippen molar-refractivity contribution in [1.82, 2.24) is 10.6 Å². The molecule has 3 N–H and O–H groups in total. The van der Waals surface area contributed by atoms with Crippen molar-refractivity contribution in [2.45, 2.75) is 43.9 Å². The minimum Gasteiger partial charge on any atom is -0.480 e. The lowest BCUT2D eigenvalue weighted by Gasteiger charge is -2.23. The number of carboxylic acid groups (broad SMARTS) is 1. The standard InChI is InChI=1S/C23H28N2O6S/c1-16(2)20(25-23(29)31-15-17-9-5-3-6-10-17)21(26)24-19(22(27)28)13-14-32(30)18-11-7-4-8-12-18/h3-12,16,19-20H,13-15H2,1-2H3,(H,24,26)(H,25,29)(H,27,28)/t19-,20+,32+/m0/s1. The van der Waals surface area contributed by atoms with Crippen LogP contribution < -0.4 is 10.6 Å². The fraction of sp³-hybridized carbons (Fsp3) is 0.348. The Hall–Kier alpha value is -3.20. The van der Waals surface area contributed by atoms with Crippen LogP contribution in [0.2, 0.25) is 0 Å². The monoisotopic (exact) mass is 460 g/mol. The molecule has 0 heterocycles. The maximum atomic E-state index is 12.7. The molecule has 32 heavy (non-hydrogen) atoms. The SMILES string of the molecule is CC(C)[C@@H](NC(=O)OCc1ccccc1)C(=O)N[C@@H](CC[S@@](=O)c1ccccc1)C(=O)O. The first-order valence-electron chi connectivity index (χ1n) is 10.2. The number of amides is 2. The highest BCUT2D eigenvalue weighted by molar-refractivity contribution is 7.85. The number of carbonyl (C=O) groups excluding carboxylic acids is 2. The first-order valence-corrected chi connectivity index (χ1v) is 11.5. The van der Waals surface area contributed by atoms with E-state index in [0.29, 0.717) is 4.90 Å². The Morgan fingerprint density at radius 2 is 1.56 bits per heavy atom. The molecule has 0 unspecified atom stereocenters. The predicted molar refractivity (Wildman–Crippen MR) is 120 cm³/mol. The molecule has 3 atom stereocenters. The second-order valence-electron chi connectivity index (χ2n) is 7.48. The van der Waals surface area contributed by atoms with E-state index in [4.69, 9.17) is 4.74 Å². The molecule has 9 heteroatoms. The van der Waals surface area contributed by atoms with Crippen LogP contribution in [0.4, 0.5) is 4.79 Å². The molecule has 0 radical (unpaired) electrons. The second-order valence-corrected chi connectivity index (χ2v) is 9.05. The largest absolute Gasteiger partial charge is 0.480 e. The number of alkyl carbamates (subject to hydrolysis) is 1. The van der Waals surface area contributed by atoms with Gasteiger partial charge in [-0.1, -0.05) is 62.4 Å². The van der Waals surface area contributed by atoms with Crippen LogP contribution in [0.1, 0.15) is 25.8 Å². The Bertz CT molecular complexity index is 921.